The summed E-state index contributed by atoms with van der Waals surface area (Å²) in [5, 5.41) is 3.59. The normalized spacial score (nSPS) is 11.7. The largest absolute Gasteiger partial charge is 0.295 e. The van der Waals surface area contributed by atoms with Crippen LogP contribution in [0.4, 0.5) is 9.52 Å². The molecule has 0 bridgehead atoms. The van der Waals surface area contributed by atoms with Gasteiger partial charge in [0, 0.05) is 11.9 Å². The molecule has 5 nitrogen and oxygen atoms in total. The van der Waals surface area contributed by atoms with Crippen LogP contribution in [-0.2, 0) is 0 Å². The van der Waals surface area contributed by atoms with Crippen LogP contribution in [0.2, 0.25) is 0 Å². The number of fused-ring (bicyclic) bond motifs is 1. The van der Waals surface area contributed by atoms with E-state index in [-0.39, 0.29) is 11.4 Å². The van der Waals surface area contributed by atoms with Gasteiger partial charge in [-0.2, -0.15) is 0 Å². The van der Waals surface area contributed by atoms with E-state index in [9.17, 15) is 9.18 Å². The fraction of sp³-hybridized carbons (Fsp3) is 0.105. The highest BCUT2D eigenvalue weighted by molar-refractivity contribution is 7.22. The lowest BCUT2D eigenvalue weighted by atomic mass is 10.2. The minimum absolute atomic E-state index is 0.241. The van der Waals surface area contributed by atoms with Gasteiger partial charge in [0.1, 0.15) is 5.82 Å². The molecule has 0 aliphatic heterocycles. The summed E-state index contributed by atoms with van der Waals surface area (Å²) in [7, 11) is 0. The van der Waals surface area contributed by atoms with Gasteiger partial charge in [-0.15, -0.1) is 0 Å². The van der Waals surface area contributed by atoms with E-state index in [0.29, 0.717) is 22.1 Å². The summed E-state index contributed by atoms with van der Waals surface area (Å²) in [6.45, 7) is 3.83. The van der Waals surface area contributed by atoms with Crippen molar-refractivity contribution < 1.29 is 4.39 Å². The lowest BCUT2D eigenvalue weighted by molar-refractivity contribution is 0.627. The van der Waals surface area contributed by atoms with Crippen LogP contribution < -0.4 is 5.56 Å². The van der Waals surface area contributed by atoms with Gasteiger partial charge in [-0.05, 0) is 55.8 Å². The first-order valence-electron chi connectivity index (χ1n) is 8.00. The molecule has 0 fully saturated rings. The van der Waals surface area contributed by atoms with Gasteiger partial charge < -0.3 is 0 Å². The molecule has 2 aromatic carbocycles. The zero-order valence-corrected chi connectivity index (χ0v) is 15.0. The standard InChI is InChI=1S/C19H15FN4OS/c1-11-3-8-16-17(9-11)26-19(22-16)21-10-15-12(2)23-24(18(15)25)14-6-4-13(20)5-7-14/h3-10,23H,1-2H3/b21-10+. The molecule has 7 heteroatoms. The maximum absolute atomic E-state index is 13.1. The fourth-order valence-electron chi connectivity index (χ4n) is 2.68. The van der Waals surface area contributed by atoms with Crippen LogP contribution in [0.25, 0.3) is 15.9 Å². The maximum atomic E-state index is 13.1. The predicted octanol–water partition coefficient (Wildman–Crippen LogP) is 4.28. The van der Waals surface area contributed by atoms with Crippen LogP contribution in [0.15, 0.2) is 52.3 Å². The Labute approximate surface area is 152 Å². The molecule has 0 amide bonds. The fourth-order valence-corrected chi connectivity index (χ4v) is 3.59. The molecule has 1 N–H and O–H groups in total. The molecule has 26 heavy (non-hydrogen) atoms. The second-order valence-electron chi connectivity index (χ2n) is 5.99. The number of aromatic nitrogens is 3. The number of aromatic amines is 1. The molecule has 4 aromatic rings. The van der Waals surface area contributed by atoms with E-state index in [1.165, 1.54) is 39.9 Å². The molecule has 0 spiro atoms. The number of aryl methyl sites for hydroxylation is 2. The third-order valence-corrected chi connectivity index (χ3v) is 4.96. The number of halogens is 1. The van der Waals surface area contributed by atoms with Gasteiger partial charge in [0.15, 0.2) is 0 Å². The average molecular weight is 366 g/mol. The van der Waals surface area contributed by atoms with Gasteiger partial charge in [0.05, 0.1) is 21.5 Å². The van der Waals surface area contributed by atoms with Crippen LogP contribution >= 0.6 is 11.3 Å². The molecule has 0 saturated carbocycles. The van der Waals surface area contributed by atoms with Crippen molar-refractivity contribution in [2.75, 3.05) is 0 Å². The quantitative estimate of drug-likeness (QED) is 0.550. The van der Waals surface area contributed by atoms with Crippen molar-refractivity contribution in [3.05, 3.63) is 75.5 Å². The van der Waals surface area contributed by atoms with E-state index in [4.69, 9.17) is 0 Å². The van der Waals surface area contributed by atoms with Crippen molar-refractivity contribution in [2.24, 2.45) is 4.99 Å². The van der Waals surface area contributed by atoms with Crippen molar-refractivity contribution in [1.29, 1.82) is 0 Å². The molecular formula is C19H15FN4OS. The summed E-state index contributed by atoms with van der Waals surface area (Å²) in [5.74, 6) is -0.349. The van der Waals surface area contributed by atoms with Crippen LogP contribution in [0.1, 0.15) is 16.8 Å². The minimum atomic E-state index is -0.349. The predicted molar refractivity (Wildman–Crippen MR) is 103 cm³/mol. The van der Waals surface area contributed by atoms with Gasteiger partial charge in [-0.1, -0.05) is 17.4 Å². The molecule has 130 valence electrons. The summed E-state index contributed by atoms with van der Waals surface area (Å²) in [5.41, 5.74) is 3.51. The maximum Gasteiger partial charge on any atom is 0.280 e. The Morgan fingerprint density at radius 2 is 1.96 bits per heavy atom. The van der Waals surface area contributed by atoms with Crippen LogP contribution in [0.3, 0.4) is 0 Å². The summed E-state index contributed by atoms with van der Waals surface area (Å²) >= 11 is 1.48. The third-order valence-electron chi connectivity index (χ3n) is 4.04. The zero-order chi connectivity index (χ0) is 18.3. The van der Waals surface area contributed by atoms with Gasteiger partial charge in [-0.3, -0.25) is 9.89 Å². The third kappa shape index (κ3) is 2.97. The first-order valence-corrected chi connectivity index (χ1v) is 8.82. The van der Waals surface area contributed by atoms with Crippen molar-refractivity contribution in [1.82, 2.24) is 14.8 Å². The Morgan fingerprint density at radius 1 is 1.19 bits per heavy atom. The monoisotopic (exact) mass is 366 g/mol. The first-order chi connectivity index (χ1) is 12.5. The molecule has 0 aliphatic rings. The van der Waals surface area contributed by atoms with Gasteiger partial charge in [-0.25, -0.2) is 19.0 Å². The highest BCUT2D eigenvalue weighted by atomic mass is 32.1. The number of benzene rings is 2. The molecule has 0 radical (unpaired) electrons. The lowest BCUT2D eigenvalue weighted by Crippen LogP contribution is -2.17. The Morgan fingerprint density at radius 3 is 2.73 bits per heavy atom. The SMILES string of the molecule is Cc1ccc2nc(/N=C/c3c(C)[nH]n(-c4ccc(F)cc4)c3=O)sc2c1. The lowest BCUT2D eigenvalue weighted by Gasteiger charge is -2.00. The van der Waals surface area contributed by atoms with Crippen LogP contribution in [0, 0.1) is 19.7 Å². The zero-order valence-electron chi connectivity index (χ0n) is 14.2. The molecule has 0 unspecified atom stereocenters. The molecule has 0 saturated heterocycles. The number of rotatable bonds is 3. The van der Waals surface area contributed by atoms with Gasteiger partial charge in [0.2, 0.25) is 5.13 Å². The number of H-pyrrole nitrogens is 1. The average Bonchev–Trinajstić information content (AvgIpc) is 3.14. The summed E-state index contributed by atoms with van der Waals surface area (Å²) in [6.07, 6.45) is 1.53. The Balaban J connectivity index is 1.70. The summed E-state index contributed by atoms with van der Waals surface area (Å²) < 4.78 is 15.5. The second kappa shape index (κ2) is 6.34. The van der Waals surface area contributed by atoms with E-state index >= 15 is 0 Å². The molecule has 0 aliphatic carbocycles. The van der Waals surface area contributed by atoms with Crippen molar-refractivity contribution in [2.45, 2.75) is 13.8 Å². The van der Waals surface area contributed by atoms with Crippen molar-refractivity contribution in [3.8, 4) is 5.69 Å². The summed E-state index contributed by atoms with van der Waals surface area (Å²) in [6, 6.07) is 11.8. The number of thiazole rings is 1. The van der Waals surface area contributed by atoms with Crippen LogP contribution in [-0.4, -0.2) is 21.0 Å². The Kier molecular flexibility index (Phi) is 4.00. The highest BCUT2D eigenvalue weighted by Crippen LogP contribution is 2.28. The van der Waals surface area contributed by atoms with E-state index in [1.807, 2.05) is 19.1 Å². The Bertz CT molecular complexity index is 1180. The van der Waals surface area contributed by atoms with E-state index in [1.54, 1.807) is 19.1 Å². The number of nitrogens with zero attached hydrogens (tertiary/aromatic N) is 3. The number of nitrogens with one attached hydrogen (secondary N) is 1. The van der Waals surface area contributed by atoms with Crippen molar-refractivity contribution in [3.63, 3.8) is 0 Å². The molecular weight excluding hydrogens is 351 g/mol. The molecule has 2 aromatic heterocycles. The van der Waals surface area contributed by atoms with Gasteiger partial charge in [0.25, 0.3) is 5.56 Å². The molecule has 4 rings (SSSR count). The topological polar surface area (TPSA) is 63.0 Å². The van der Waals surface area contributed by atoms with E-state index < -0.39 is 0 Å². The van der Waals surface area contributed by atoms with Crippen molar-refractivity contribution >= 4 is 32.9 Å². The first kappa shape index (κ1) is 16.4. The van der Waals surface area contributed by atoms with E-state index in [2.05, 4.69) is 21.1 Å². The van der Waals surface area contributed by atoms with Crippen LogP contribution in [0.5, 0.6) is 0 Å². The summed E-state index contributed by atoms with van der Waals surface area (Å²) in [4.78, 5) is 21.5. The van der Waals surface area contributed by atoms with Gasteiger partial charge >= 0.3 is 0 Å². The number of hydrogen-bond acceptors (Lipinski definition) is 4. The number of hydrogen-bond donors (Lipinski definition) is 1. The Hall–Kier alpha value is -3.06. The molecule has 0 atom stereocenters. The van der Waals surface area contributed by atoms with E-state index in [0.717, 1.165) is 10.2 Å². The minimum Gasteiger partial charge on any atom is -0.295 e. The molecule has 2 heterocycles. The number of aliphatic imine (C=N–C) groups is 1. The highest BCUT2D eigenvalue weighted by Gasteiger charge is 2.11. The smallest absolute Gasteiger partial charge is 0.280 e. The second-order valence-corrected chi connectivity index (χ2v) is 7.00.